The number of unbranched alkanes of at least 4 members (excludes halogenated alkanes) is 6. The van der Waals surface area contributed by atoms with Gasteiger partial charge < -0.3 is 14.2 Å². The molecule has 0 atom stereocenters. The molecule has 2 aromatic rings. The normalized spacial score (nSPS) is 10.9. The fourth-order valence-corrected chi connectivity index (χ4v) is 3.00. The van der Waals surface area contributed by atoms with Crippen LogP contribution in [0.15, 0.2) is 54.6 Å². The molecule has 0 aliphatic rings. The van der Waals surface area contributed by atoms with Gasteiger partial charge in [0, 0.05) is 6.08 Å². The van der Waals surface area contributed by atoms with Gasteiger partial charge in [-0.1, -0.05) is 64.5 Å². The second kappa shape index (κ2) is 15.1. The minimum atomic E-state index is -0.414. The average molecular weight is 425 g/mol. The second-order valence-corrected chi connectivity index (χ2v) is 7.61. The number of rotatable bonds is 15. The summed E-state index contributed by atoms with van der Waals surface area (Å²) in [4.78, 5) is 12.1. The van der Waals surface area contributed by atoms with Crippen molar-refractivity contribution in [1.82, 2.24) is 0 Å². The van der Waals surface area contributed by atoms with Crippen LogP contribution in [0.5, 0.6) is 17.2 Å². The van der Waals surface area contributed by atoms with Gasteiger partial charge in [-0.05, 0) is 60.9 Å². The molecule has 2 rings (SSSR count). The summed E-state index contributed by atoms with van der Waals surface area (Å²) in [5.74, 6) is 1.72. The van der Waals surface area contributed by atoms with Gasteiger partial charge in [-0.15, -0.1) is 0 Å². The monoisotopic (exact) mass is 424 g/mol. The molecular weight excluding hydrogens is 388 g/mol. The first-order valence-corrected chi connectivity index (χ1v) is 11.6. The van der Waals surface area contributed by atoms with Gasteiger partial charge in [-0.2, -0.15) is 0 Å². The van der Waals surface area contributed by atoms with E-state index < -0.39 is 5.97 Å². The number of esters is 1. The van der Waals surface area contributed by atoms with Crippen molar-refractivity contribution in [3.8, 4) is 17.2 Å². The van der Waals surface area contributed by atoms with Gasteiger partial charge in [-0.25, -0.2) is 4.79 Å². The summed E-state index contributed by atoms with van der Waals surface area (Å²) in [6, 6.07) is 14.8. The first-order valence-electron chi connectivity index (χ1n) is 11.6. The lowest BCUT2D eigenvalue weighted by Gasteiger charge is -2.07. The molecule has 168 valence electrons. The van der Waals surface area contributed by atoms with Crippen LogP contribution in [-0.4, -0.2) is 19.2 Å². The lowest BCUT2D eigenvalue weighted by molar-refractivity contribution is -0.128. The standard InChI is InChI=1S/C27H36O4/c1-3-5-7-8-9-10-22-30-24-14-11-23(12-15-24)13-20-27(28)31-26-18-16-25(17-19-26)29-21-6-4-2/h11-20H,3-10,21-22H2,1-2H3. The lowest BCUT2D eigenvalue weighted by atomic mass is 10.1. The molecule has 0 radical (unpaired) electrons. The number of hydrogen-bond acceptors (Lipinski definition) is 4. The van der Waals surface area contributed by atoms with Crippen molar-refractivity contribution in [1.29, 1.82) is 0 Å². The molecule has 0 aliphatic heterocycles. The molecule has 0 saturated heterocycles. The van der Waals surface area contributed by atoms with Gasteiger partial charge in [0.15, 0.2) is 0 Å². The van der Waals surface area contributed by atoms with E-state index >= 15 is 0 Å². The third-order valence-corrected chi connectivity index (χ3v) is 4.87. The molecule has 0 bridgehead atoms. The minimum Gasteiger partial charge on any atom is -0.494 e. The Bertz CT molecular complexity index is 763. The summed E-state index contributed by atoms with van der Waals surface area (Å²) in [7, 11) is 0. The number of benzene rings is 2. The van der Waals surface area contributed by atoms with E-state index in [9.17, 15) is 4.79 Å². The molecule has 0 fully saturated rings. The third kappa shape index (κ3) is 10.7. The van der Waals surface area contributed by atoms with E-state index in [2.05, 4.69) is 13.8 Å². The molecule has 4 heteroatoms. The smallest absolute Gasteiger partial charge is 0.336 e. The Hall–Kier alpha value is -2.75. The Morgan fingerprint density at radius 1 is 0.677 bits per heavy atom. The van der Waals surface area contributed by atoms with Crippen molar-refractivity contribution >= 4 is 12.0 Å². The van der Waals surface area contributed by atoms with Crippen molar-refractivity contribution < 1.29 is 19.0 Å². The Kier molecular flexibility index (Phi) is 12.0. The van der Waals surface area contributed by atoms with Gasteiger partial charge in [0.05, 0.1) is 13.2 Å². The summed E-state index contributed by atoms with van der Waals surface area (Å²) in [5, 5.41) is 0. The van der Waals surface area contributed by atoms with Crippen molar-refractivity contribution in [3.05, 3.63) is 60.2 Å². The molecule has 0 amide bonds. The number of carbonyl (C=O) groups is 1. The largest absolute Gasteiger partial charge is 0.494 e. The number of ether oxygens (including phenoxy) is 3. The van der Waals surface area contributed by atoms with Crippen molar-refractivity contribution in [2.45, 2.75) is 65.2 Å². The van der Waals surface area contributed by atoms with E-state index in [1.54, 1.807) is 18.2 Å². The first-order chi connectivity index (χ1) is 15.2. The van der Waals surface area contributed by atoms with E-state index in [0.29, 0.717) is 12.4 Å². The van der Waals surface area contributed by atoms with E-state index in [-0.39, 0.29) is 0 Å². The van der Waals surface area contributed by atoms with Crippen LogP contribution in [0.25, 0.3) is 6.08 Å². The highest BCUT2D eigenvalue weighted by atomic mass is 16.5. The fourth-order valence-electron chi connectivity index (χ4n) is 3.00. The molecule has 0 aromatic heterocycles. The molecule has 0 spiro atoms. The zero-order valence-electron chi connectivity index (χ0n) is 19.0. The molecule has 0 saturated carbocycles. The van der Waals surface area contributed by atoms with Gasteiger partial charge in [0.1, 0.15) is 17.2 Å². The molecule has 2 aromatic carbocycles. The third-order valence-electron chi connectivity index (χ3n) is 4.87. The van der Waals surface area contributed by atoms with Gasteiger partial charge >= 0.3 is 5.97 Å². The van der Waals surface area contributed by atoms with Crippen LogP contribution in [0.4, 0.5) is 0 Å². The van der Waals surface area contributed by atoms with Crippen molar-refractivity contribution in [2.24, 2.45) is 0 Å². The maximum absolute atomic E-state index is 12.1. The Labute approximate surface area is 187 Å². The van der Waals surface area contributed by atoms with Crippen LogP contribution in [-0.2, 0) is 4.79 Å². The summed E-state index contributed by atoms with van der Waals surface area (Å²) in [6.45, 7) is 5.80. The van der Waals surface area contributed by atoms with Crippen LogP contribution in [0.2, 0.25) is 0 Å². The summed E-state index contributed by atoms with van der Waals surface area (Å²) in [6.07, 6.45) is 12.8. The molecule has 0 heterocycles. The topological polar surface area (TPSA) is 44.8 Å². The summed E-state index contributed by atoms with van der Waals surface area (Å²) < 4.78 is 16.7. The SMILES string of the molecule is CCCCCCCCOc1ccc(C=CC(=O)Oc2ccc(OCCCC)cc2)cc1. The Morgan fingerprint density at radius 2 is 1.19 bits per heavy atom. The van der Waals surface area contributed by atoms with Crippen LogP contribution in [0.1, 0.15) is 70.8 Å². The highest BCUT2D eigenvalue weighted by molar-refractivity contribution is 5.88. The molecule has 4 nitrogen and oxygen atoms in total. The lowest BCUT2D eigenvalue weighted by Crippen LogP contribution is -2.03. The molecular formula is C27H36O4. The van der Waals surface area contributed by atoms with Crippen molar-refractivity contribution in [2.75, 3.05) is 13.2 Å². The zero-order chi connectivity index (χ0) is 22.2. The highest BCUT2D eigenvalue weighted by Gasteiger charge is 2.02. The number of hydrogen-bond donors (Lipinski definition) is 0. The van der Waals surface area contributed by atoms with Gasteiger partial charge in [0.25, 0.3) is 0 Å². The van der Waals surface area contributed by atoms with Crippen molar-refractivity contribution in [3.63, 3.8) is 0 Å². The molecule has 0 aliphatic carbocycles. The Morgan fingerprint density at radius 3 is 1.84 bits per heavy atom. The number of carbonyl (C=O) groups excluding carboxylic acids is 1. The maximum atomic E-state index is 12.1. The molecule has 31 heavy (non-hydrogen) atoms. The van der Waals surface area contributed by atoms with Gasteiger partial charge in [0.2, 0.25) is 0 Å². The summed E-state index contributed by atoms with van der Waals surface area (Å²) >= 11 is 0. The van der Waals surface area contributed by atoms with E-state index in [1.165, 1.54) is 38.2 Å². The van der Waals surface area contributed by atoms with E-state index in [0.717, 1.165) is 42.9 Å². The Balaban J connectivity index is 1.69. The van der Waals surface area contributed by atoms with Crippen LogP contribution in [0.3, 0.4) is 0 Å². The van der Waals surface area contributed by atoms with Gasteiger partial charge in [-0.3, -0.25) is 0 Å². The molecule has 0 N–H and O–H groups in total. The average Bonchev–Trinajstić information content (AvgIpc) is 2.79. The zero-order valence-corrected chi connectivity index (χ0v) is 19.0. The quantitative estimate of drug-likeness (QED) is 0.131. The van der Waals surface area contributed by atoms with Crippen LogP contribution < -0.4 is 14.2 Å². The predicted molar refractivity (Wildman–Crippen MR) is 127 cm³/mol. The van der Waals surface area contributed by atoms with Crippen LogP contribution in [0, 0.1) is 0 Å². The van der Waals surface area contributed by atoms with E-state index in [4.69, 9.17) is 14.2 Å². The highest BCUT2D eigenvalue weighted by Crippen LogP contribution is 2.19. The fraction of sp³-hybridized carbons (Fsp3) is 0.444. The molecule has 0 unspecified atom stereocenters. The van der Waals surface area contributed by atoms with Crippen LogP contribution >= 0.6 is 0 Å². The van der Waals surface area contributed by atoms with E-state index in [1.807, 2.05) is 36.4 Å². The minimum absolute atomic E-state index is 0.414. The first kappa shape index (κ1) is 24.5. The maximum Gasteiger partial charge on any atom is 0.336 e. The summed E-state index contributed by atoms with van der Waals surface area (Å²) in [5.41, 5.74) is 0.920. The second-order valence-electron chi connectivity index (χ2n) is 7.61. The predicted octanol–water partition coefficient (Wildman–Crippen LogP) is 7.22.